The Kier molecular flexibility index (Phi) is 3.77. The average molecular weight is 285 g/mol. The second kappa shape index (κ2) is 5.71. The Morgan fingerprint density at radius 2 is 2.05 bits per heavy atom. The van der Waals surface area contributed by atoms with Crippen molar-refractivity contribution < 1.29 is 9.90 Å². The van der Waals surface area contributed by atoms with E-state index < -0.39 is 5.60 Å². The standard InChI is InChI=1S/C16H19N3O2/c20-15(18-11-16(21)8-9-17-10-16)19-14-7-3-5-12-4-1-2-6-13(12)14/h1-7,17,21H,8-11H2,(H2,18,19,20)/t16-/m1/s1. The van der Waals surface area contributed by atoms with Crippen LogP contribution in [0.3, 0.4) is 0 Å². The largest absolute Gasteiger partial charge is 0.387 e. The lowest BCUT2D eigenvalue weighted by atomic mass is 10.0. The third kappa shape index (κ3) is 3.15. The highest BCUT2D eigenvalue weighted by atomic mass is 16.3. The van der Waals surface area contributed by atoms with Gasteiger partial charge in [0.25, 0.3) is 0 Å². The van der Waals surface area contributed by atoms with Gasteiger partial charge in [0.15, 0.2) is 0 Å². The second-order valence-corrected chi connectivity index (χ2v) is 5.49. The molecule has 0 aliphatic carbocycles. The predicted octanol–water partition coefficient (Wildman–Crippen LogP) is 1.69. The first-order valence-corrected chi connectivity index (χ1v) is 7.12. The van der Waals surface area contributed by atoms with Gasteiger partial charge in [-0.1, -0.05) is 36.4 Å². The van der Waals surface area contributed by atoms with Crippen molar-refractivity contribution in [3.63, 3.8) is 0 Å². The minimum Gasteiger partial charge on any atom is -0.387 e. The van der Waals surface area contributed by atoms with Gasteiger partial charge in [-0.25, -0.2) is 4.79 Å². The number of β-amino-alcohol motifs (C(OH)–C–C–N with tert-alkyl or cyclic N) is 1. The van der Waals surface area contributed by atoms with Crippen LogP contribution in [0.15, 0.2) is 42.5 Å². The number of fused-ring (bicyclic) bond motifs is 1. The molecule has 0 spiro atoms. The minimum atomic E-state index is -0.837. The molecular weight excluding hydrogens is 266 g/mol. The van der Waals surface area contributed by atoms with Gasteiger partial charge >= 0.3 is 6.03 Å². The zero-order chi connectivity index (χ0) is 14.7. The summed E-state index contributed by atoms with van der Waals surface area (Å²) in [6, 6.07) is 13.4. The van der Waals surface area contributed by atoms with Crippen molar-refractivity contribution in [3.05, 3.63) is 42.5 Å². The monoisotopic (exact) mass is 285 g/mol. The average Bonchev–Trinajstić information content (AvgIpc) is 2.93. The smallest absolute Gasteiger partial charge is 0.319 e. The summed E-state index contributed by atoms with van der Waals surface area (Å²) in [5.41, 5.74) is -0.0713. The van der Waals surface area contributed by atoms with Gasteiger partial charge < -0.3 is 21.1 Å². The highest BCUT2D eigenvalue weighted by molar-refractivity contribution is 6.01. The number of urea groups is 1. The zero-order valence-electron chi connectivity index (χ0n) is 11.7. The second-order valence-electron chi connectivity index (χ2n) is 5.49. The van der Waals surface area contributed by atoms with Crippen LogP contribution in [0, 0.1) is 0 Å². The minimum absolute atomic E-state index is 0.247. The normalized spacial score (nSPS) is 21.4. The molecule has 3 rings (SSSR count). The van der Waals surface area contributed by atoms with Crippen molar-refractivity contribution in [2.45, 2.75) is 12.0 Å². The molecule has 1 atom stereocenters. The molecule has 0 saturated carbocycles. The Morgan fingerprint density at radius 3 is 2.86 bits per heavy atom. The van der Waals surface area contributed by atoms with Crippen LogP contribution in [0.1, 0.15) is 6.42 Å². The summed E-state index contributed by atoms with van der Waals surface area (Å²) < 4.78 is 0. The Hall–Kier alpha value is -2.11. The molecule has 21 heavy (non-hydrogen) atoms. The molecule has 110 valence electrons. The number of anilines is 1. The number of rotatable bonds is 3. The van der Waals surface area contributed by atoms with Crippen LogP contribution in [-0.2, 0) is 0 Å². The third-order valence-electron chi connectivity index (χ3n) is 3.84. The molecule has 5 heteroatoms. The van der Waals surface area contributed by atoms with E-state index in [0.29, 0.717) is 13.0 Å². The number of carbonyl (C=O) groups excluding carboxylic acids is 1. The van der Waals surface area contributed by atoms with Crippen LogP contribution in [0.4, 0.5) is 10.5 Å². The van der Waals surface area contributed by atoms with Crippen LogP contribution < -0.4 is 16.0 Å². The van der Waals surface area contributed by atoms with Gasteiger partial charge in [-0.05, 0) is 24.4 Å². The Bertz CT molecular complexity index is 646. The summed E-state index contributed by atoms with van der Waals surface area (Å²) in [7, 11) is 0. The zero-order valence-corrected chi connectivity index (χ0v) is 11.7. The maximum atomic E-state index is 12.0. The van der Waals surface area contributed by atoms with E-state index in [0.717, 1.165) is 23.0 Å². The summed E-state index contributed by atoms with van der Waals surface area (Å²) >= 11 is 0. The van der Waals surface area contributed by atoms with Gasteiger partial charge in [0, 0.05) is 18.5 Å². The van der Waals surface area contributed by atoms with Crippen molar-refractivity contribution in [2.75, 3.05) is 25.0 Å². The lowest BCUT2D eigenvalue weighted by Gasteiger charge is -2.21. The summed E-state index contributed by atoms with van der Waals surface area (Å²) in [5.74, 6) is 0. The first kappa shape index (κ1) is 13.9. The Morgan fingerprint density at radius 1 is 1.24 bits per heavy atom. The van der Waals surface area contributed by atoms with Gasteiger partial charge in [0.2, 0.25) is 0 Å². The topological polar surface area (TPSA) is 73.4 Å². The van der Waals surface area contributed by atoms with Crippen molar-refractivity contribution >= 4 is 22.5 Å². The summed E-state index contributed by atoms with van der Waals surface area (Å²) in [5, 5.41) is 20.9. The summed E-state index contributed by atoms with van der Waals surface area (Å²) in [6.45, 7) is 1.54. The molecule has 0 unspecified atom stereocenters. The first-order valence-electron chi connectivity index (χ1n) is 7.12. The molecule has 2 aromatic rings. The van der Waals surface area contributed by atoms with Crippen LogP contribution in [0.2, 0.25) is 0 Å². The van der Waals surface area contributed by atoms with E-state index in [1.165, 1.54) is 0 Å². The predicted molar refractivity (Wildman–Crippen MR) is 83.4 cm³/mol. The molecule has 1 heterocycles. The SMILES string of the molecule is O=C(NC[C@@]1(O)CCNC1)Nc1cccc2ccccc12. The molecule has 5 nitrogen and oxygen atoms in total. The molecule has 4 N–H and O–H groups in total. The number of hydrogen-bond acceptors (Lipinski definition) is 3. The lowest BCUT2D eigenvalue weighted by molar-refractivity contribution is 0.0640. The molecule has 1 saturated heterocycles. The van der Waals surface area contributed by atoms with E-state index in [-0.39, 0.29) is 12.6 Å². The third-order valence-corrected chi connectivity index (χ3v) is 3.84. The lowest BCUT2D eigenvalue weighted by Crippen LogP contribution is -2.45. The molecule has 1 aliphatic rings. The number of amides is 2. The molecule has 2 aromatic carbocycles. The fraction of sp³-hybridized carbons (Fsp3) is 0.312. The molecule has 0 bridgehead atoms. The quantitative estimate of drug-likeness (QED) is 0.693. The molecule has 0 aromatic heterocycles. The molecule has 1 fully saturated rings. The molecule has 0 radical (unpaired) electrons. The molecule has 2 amide bonds. The number of hydrogen-bond donors (Lipinski definition) is 4. The van der Waals surface area contributed by atoms with Crippen LogP contribution in [-0.4, -0.2) is 36.4 Å². The highest BCUT2D eigenvalue weighted by Gasteiger charge is 2.31. The highest BCUT2D eigenvalue weighted by Crippen LogP contribution is 2.22. The molecular formula is C16H19N3O2. The fourth-order valence-electron chi connectivity index (χ4n) is 2.63. The molecule has 1 aliphatic heterocycles. The van der Waals surface area contributed by atoms with E-state index in [2.05, 4.69) is 16.0 Å². The van der Waals surface area contributed by atoms with Gasteiger partial charge in [-0.3, -0.25) is 0 Å². The van der Waals surface area contributed by atoms with E-state index >= 15 is 0 Å². The Balaban J connectivity index is 1.66. The van der Waals surface area contributed by atoms with Crippen molar-refractivity contribution in [1.82, 2.24) is 10.6 Å². The summed E-state index contributed by atoms with van der Waals surface area (Å²) in [6.07, 6.45) is 0.654. The van der Waals surface area contributed by atoms with Crippen LogP contribution >= 0.6 is 0 Å². The fourth-order valence-corrected chi connectivity index (χ4v) is 2.63. The first-order chi connectivity index (χ1) is 10.2. The van der Waals surface area contributed by atoms with Gasteiger partial charge in [0.1, 0.15) is 0 Å². The number of carbonyl (C=O) groups is 1. The van der Waals surface area contributed by atoms with Gasteiger partial charge in [0.05, 0.1) is 11.3 Å². The maximum Gasteiger partial charge on any atom is 0.319 e. The van der Waals surface area contributed by atoms with E-state index in [1.807, 2.05) is 42.5 Å². The number of benzene rings is 2. The number of aliphatic hydroxyl groups is 1. The van der Waals surface area contributed by atoms with Crippen molar-refractivity contribution in [2.24, 2.45) is 0 Å². The van der Waals surface area contributed by atoms with Gasteiger partial charge in [-0.15, -0.1) is 0 Å². The van der Waals surface area contributed by atoms with Gasteiger partial charge in [-0.2, -0.15) is 0 Å². The number of nitrogens with one attached hydrogen (secondary N) is 3. The van der Waals surface area contributed by atoms with Crippen LogP contribution in [0.25, 0.3) is 10.8 Å². The summed E-state index contributed by atoms with van der Waals surface area (Å²) in [4.78, 5) is 12.0. The Labute approximate surface area is 123 Å². The van der Waals surface area contributed by atoms with Crippen LogP contribution in [0.5, 0.6) is 0 Å². The van der Waals surface area contributed by atoms with Crippen molar-refractivity contribution in [1.29, 1.82) is 0 Å². The van der Waals surface area contributed by atoms with E-state index in [1.54, 1.807) is 0 Å². The van der Waals surface area contributed by atoms with Crippen molar-refractivity contribution in [3.8, 4) is 0 Å². The van der Waals surface area contributed by atoms with E-state index in [9.17, 15) is 9.90 Å². The maximum absolute atomic E-state index is 12.0. The van der Waals surface area contributed by atoms with E-state index in [4.69, 9.17) is 0 Å².